The van der Waals surface area contributed by atoms with Crippen molar-refractivity contribution < 1.29 is 14.3 Å². The number of nitrogens with zero attached hydrogens (tertiary/aromatic N) is 1. The summed E-state index contributed by atoms with van der Waals surface area (Å²) >= 11 is 0. The Morgan fingerprint density at radius 2 is 1.96 bits per heavy atom. The molecule has 25 heavy (non-hydrogen) atoms. The summed E-state index contributed by atoms with van der Waals surface area (Å²) in [7, 11) is 0. The van der Waals surface area contributed by atoms with E-state index in [0.29, 0.717) is 13.1 Å². The fourth-order valence-corrected chi connectivity index (χ4v) is 4.05. The number of hydrogen-bond donors (Lipinski definition) is 2. The first-order valence-electron chi connectivity index (χ1n) is 9.32. The van der Waals surface area contributed by atoms with Crippen LogP contribution in [0.4, 0.5) is 4.79 Å². The highest BCUT2D eigenvalue weighted by molar-refractivity contribution is 6.01. The number of imide groups is 1. The molecule has 2 heterocycles. The highest BCUT2D eigenvalue weighted by Crippen LogP contribution is 2.36. The van der Waals surface area contributed by atoms with Crippen molar-refractivity contribution in [3.63, 3.8) is 0 Å². The second-order valence-electron chi connectivity index (χ2n) is 7.07. The van der Waals surface area contributed by atoms with Crippen LogP contribution in [0.3, 0.4) is 0 Å². The molecule has 0 saturated carbocycles. The van der Waals surface area contributed by atoms with Gasteiger partial charge in [-0.15, -0.1) is 0 Å². The zero-order valence-electron chi connectivity index (χ0n) is 14.5. The molecule has 1 fully saturated rings. The molecule has 0 radical (unpaired) electrons. The molecule has 6 nitrogen and oxygen atoms in total. The van der Waals surface area contributed by atoms with Crippen LogP contribution in [0.25, 0.3) is 0 Å². The van der Waals surface area contributed by atoms with E-state index < -0.39 is 0 Å². The number of rotatable bonds is 4. The number of fused-ring (bicyclic) bond motifs is 2. The molecular formula is C19H25N3O3. The third-order valence-corrected chi connectivity index (χ3v) is 5.41. The van der Waals surface area contributed by atoms with Gasteiger partial charge in [0.15, 0.2) is 0 Å². The fraction of sp³-hybridized carbons (Fsp3) is 0.579. The lowest BCUT2D eigenvalue weighted by Gasteiger charge is -2.23. The molecule has 1 atom stereocenters. The minimum atomic E-state index is -0.287. The summed E-state index contributed by atoms with van der Waals surface area (Å²) in [6, 6.07) is 4.48. The van der Waals surface area contributed by atoms with Gasteiger partial charge >= 0.3 is 6.03 Å². The van der Waals surface area contributed by atoms with E-state index in [0.717, 1.165) is 38.0 Å². The molecule has 6 heteroatoms. The van der Waals surface area contributed by atoms with Crippen molar-refractivity contribution >= 4 is 11.9 Å². The smallest absolute Gasteiger partial charge is 0.324 e. The molecule has 0 bridgehead atoms. The first kappa shape index (κ1) is 16.4. The Hall–Kier alpha value is -2.08. The maximum Gasteiger partial charge on any atom is 0.324 e. The largest absolute Gasteiger partial charge is 0.493 e. The lowest BCUT2D eigenvalue weighted by Crippen LogP contribution is -2.38. The van der Waals surface area contributed by atoms with Gasteiger partial charge in [-0.1, -0.05) is 6.07 Å². The van der Waals surface area contributed by atoms with Gasteiger partial charge in [-0.25, -0.2) is 4.79 Å². The zero-order valence-corrected chi connectivity index (χ0v) is 14.5. The van der Waals surface area contributed by atoms with Crippen molar-refractivity contribution in [3.8, 4) is 5.75 Å². The Bertz CT molecular complexity index is 673. The van der Waals surface area contributed by atoms with E-state index >= 15 is 0 Å². The van der Waals surface area contributed by atoms with E-state index in [9.17, 15) is 9.59 Å². The number of ether oxygens (including phenoxy) is 1. The normalized spacial score (nSPS) is 22.7. The highest BCUT2D eigenvalue weighted by atomic mass is 16.5. The maximum atomic E-state index is 11.7. The molecule has 1 aromatic rings. The van der Waals surface area contributed by atoms with E-state index in [1.165, 1.54) is 34.4 Å². The number of hydrogen-bond acceptors (Lipinski definition) is 4. The number of carbonyl (C=O) groups excluding carboxylic acids is 2. The van der Waals surface area contributed by atoms with Gasteiger partial charge in [0.2, 0.25) is 5.91 Å². The Balaban J connectivity index is 1.47. The SMILES string of the molecule is O=C1CNC(=O)N1CCN[C@H]1CCCOc2cc3c(cc21)CCCC3. The van der Waals surface area contributed by atoms with E-state index in [4.69, 9.17) is 4.74 Å². The van der Waals surface area contributed by atoms with Gasteiger partial charge in [-0.2, -0.15) is 0 Å². The van der Waals surface area contributed by atoms with Crippen LogP contribution in [0.5, 0.6) is 5.75 Å². The summed E-state index contributed by atoms with van der Waals surface area (Å²) in [5.41, 5.74) is 4.12. The van der Waals surface area contributed by atoms with Crippen LogP contribution in [-0.4, -0.2) is 43.1 Å². The van der Waals surface area contributed by atoms with Gasteiger partial charge in [0.1, 0.15) is 5.75 Å². The Labute approximate surface area is 147 Å². The summed E-state index contributed by atoms with van der Waals surface area (Å²) in [6.07, 6.45) is 6.83. The molecule has 1 aliphatic carbocycles. The Kier molecular flexibility index (Phi) is 4.61. The van der Waals surface area contributed by atoms with Crippen molar-refractivity contribution in [1.29, 1.82) is 0 Å². The molecule has 1 saturated heterocycles. The lowest BCUT2D eigenvalue weighted by atomic mass is 9.88. The molecule has 2 aliphatic heterocycles. The quantitative estimate of drug-likeness (QED) is 0.820. The fourth-order valence-electron chi connectivity index (χ4n) is 4.05. The average Bonchev–Trinajstić information content (AvgIpc) is 2.82. The van der Waals surface area contributed by atoms with Crippen LogP contribution in [-0.2, 0) is 17.6 Å². The third kappa shape index (κ3) is 3.35. The summed E-state index contributed by atoms with van der Waals surface area (Å²) in [5, 5.41) is 6.10. The van der Waals surface area contributed by atoms with Crippen molar-refractivity contribution in [2.45, 2.75) is 44.6 Å². The molecular weight excluding hydrogens is 318 g/mol. The molecule has 4 rings (SSSR count). The van der Waals surface area contributed by atoms with E-state index in [1.54, 1.807) is 0 Å². The van der Waals surface area contributed by atoms with Crippen LogP contribution in [0.15, 0.2) is 12.1 Å². The molecule has 3 aliphatic rings. The molecule has 0 spiro atoms. The van der Waals surface area contributed by atoms with Gasteiger partial charge in [0.05, 0.1) is 13.2 Å². The number of nitrogens with one attached hydrogen (secondary N) is 2. The van der Waals surface area contributed by atoms with Crippen molar-refractivity contribution in [1.82, 2.24) is 15.5 Å². The number of carbonyl (C=O) groups is 2. The monoisotopic (exact) mass is 343 g/mol. The van der Waals surface area contributed by atoms with Crippen LogP contribution in [0.1, 0.15) is 48.4 Å². The summed E-state index contributed by atoms with van der Waals surface area (Å²) in [4.78, 5) is 24.6. The summed E-state index contributed by atoms with van der Waals surface area (Å²) in [5.74, 6) is 0.858. The predicted octanol–water partition coefficient (Wildman–Crippen LogP) is 1.92. The van der Waals surface area contributed by atoms with Crippen LogP contribution in [0, 0.1) is 0 Å². The molecule has 0 aromatic heterocycles. The molecule has 3 amide bonds. The number of aryl methyl sites for hydroxylation is 2. The standard InChI is InChI=1S/C19H25N3O3/c23-18-12-21-19(24)22(18)8-7-20-16-6-3-9-25-17-11-14-5-2-1-4-13(14)10-15(16)17/h10-11,16,20H,1-9,12H2,(H,21,24)/t16-/m0/s1. The van der Waals surface area contributed by atoms with Crippen LogP contribution < -0.4 is 15.4 Å². The molecule has 2 N–H and O–H groups in total. The average molecular weight is 343 g/mol. The summed E-state index contributed by atoms with van der Waals surface area (Å²) < 4.78 is 5.99. The van der Waals surface area contributed by atoms with Gasteiger partial charge in [-0.3, -0.25) is 9.69 Å². The highest BCUT2D eigenvalue weighted by Gasteiger charge is 2.28. The van der Waals surface area contributed by atoms with Crippen LogP contribution in [0.2, 0.25) is 0 Å². The Morgan fingerprint density at radius 1 is 1.16 bits per heavy atom. The predicted molar refractivity (Wildman–Crippen MR) is 93.7 cm³/mol. The van der Waals surface area contributed by atoms with Crippen molar-refractivity contribution in [2.24, 2.45) is 0 Å². The van der Waals surface area contributed by atoms with Crippen LogP contribution >= 0.6 is 0 Å². The zero-order chi connectivity index (χ0) is 17.2. The van der Waals surface area contributed by atoms with E-state index in [-0.39, 0.29) is 24.5 Å². The minimum absolute atomic E-state index is 0.116. The summed E-state index contributed by atoms with van der Waals surface area (Å²) in [6.45, 7) is 1.87. The molecule has 0 unspecified atom stereocenters. The number of benzene rings is 1. The first-order valence-corrected chi connectivity index (χ1v) is 9.32. The molecule has 134 valence electrons. The van der Waals surface area contributed by atoms with Gasteiger partial charge < -0.3 is 15.4 Å². The van der Waals surface area contributed by atoms with Crippen molar-refractivity contribution in [2.75, 3.05) is 26.2 Å². The third-order valence-electron chi connectivity index (χ3n) is 5.41. The second-order valence-corrected chi connectivity index (χ2v) is 7.07. The van der Waals surface area contributed by atoms with Gasteiger partial charge in [-0.05, 0) is 55.7 Å². The molecule has 1 aromatic carbocycles. The van der Waals surface area contributed by atoms with Crippen molar-refractivity contribution in [3.05, 3.63) is 28.8 Å². The van der Waals surface area contributed by atoms with E-state index in [2.05, 4.69) is 22.8 Å². The Morgan fingerprint density at radius 3 is 2.72 bits per heavy atom. The first-order chi connectivity index (χ1) is 12.2. The number of urea groups is 1. The number of amides is 3. The van der Waals surface area contributed by atoms with Gasteiger partial charge in [0.25, 0.3) is 0 Å². The maximum absolute atomic E-state index is 11.7. The second kappa shape index (κ2) is 7.04. The lowest BCUT2D eigenvalue weighted by molar-refractivity contribution is -0.124. The topological polar surface area (TPSA) is 70.7 Å². The van der Waals surface area contributed by atoms with E-state index in [1.807, 2.05) is 0 Å². The van der Waals surface area contributed by atoms with Gasteiger partial charge in [0, 0.05) is 24.7 Å². The minimum Gasteiger partial charge on any atom is -0.493 e.